The van der Waals surface area contributed by atoms with Gasteiger partial charge in [0.15, 0.2) is 9.84 Å². The van der Waals surface area contributed by atoms with Crippen molar-refractivity contribution in [3.63, 3.8) is 0 Å². The van der Waals surface area contributed by atoms with Crippen LogP contribution < -0.4 is 0 Å². The molecule has 0 unspecified atom stereocenters. The first-order chi connectivity index (χ1) is 7.21. The second kappa shape index (κ2) is 4.33. The van der Waals surface area contributed by atoms with Crippen LogP contribution >= 0.6 is 0 Å². The standard InChI is InChI=1S/C11H14O3S/c12-15(13,10-4-2-1-3-5-10)11-6-8-14-9-7-11/h1-5,11H,6-9H2. The predicted molar refractivity (Wildman–Crippen MR) is 57.5 cm³/mol. The summed E-state index contributed by atoms with van der Waals surface area (Å²) in [6.45, 7) is 1.10. The maximum Gasteiger partial charge on any atom is 0.181 e. The molecule has 1 saturated heterocycles. The smallest absolute Gasteiger partial charge is 0.181 e. The van der Waals surface area contributed by atoms with E-state index < -0.39 is 9.84 Å². The molecule has 82 valence electrons. The van der Waals surface area contributed by atoms with Gasteiger partial charge in [0.25, 0.3) is 0 Å². The van der Waals surface area contributed by atoms with Gasteiger partial charge in [-0.1, -0.05) is 18.2 Å². The number of ether oxygens (including phenoxy) is 1. The van der Waals surface area contributed by atoms with Gasteiger partial charge in [-0.15, -0.1) is 0 Å². The van der Waals surface area contributed by atoms with Crippen molar-refractivity contribution < 1.29 is 13.2 Å². The second-order valence-corrected chi connectivity index (χ2v) is 5.90. The highest BCUT2D eigenvalue weighted by atomic mass is 32.2. The van der Waals surface area contributed by atoms with E-state index in [4.69, 9.17) is 4.74 Å². The summed E-state index contributed by atoms with van der Waals surface area (Å²) in [4.78, 5) is 0.428. The molecule has 3 nitrogen and oxygen atoms in total. The molecule has 0 aliphatic carbocycles. The van der Waals surface area contributed by atoms with Crippen LogP contribution in [0, 0.1) is 0 Å². The van der Waals surface area contributed by atoms with Crippen LogP contribution in [0.1, 0.15) is 12.8 Å². The lowest BCUT2D eigenvalue weighted by Crippen LogP contribution is -2.28. The van der Waals surface area contributed by atoms with Gasteiger partial charge in [-0.3, -0.25) is 0 Å². The van der Waals surface area contributed by atoms with Crippen molar-refractivity contribution in [2.45, 2.75) is 23.0 Å². The zero-order valence-electron chi connectivity index (χ0n) is 8.43. The second-order valence-electron chi connectivity index (χ2n) is 3.67. The highest BCUT2D eigenvalue weighted by molar-refractivity contribution is 7.92. The summed E-state index contributed by atoms with van der Waals surface area (Å²) in [5, 5.41) is -0.270. The average Bonchev–Trinajstić information content (AvgIpc) is 2.31. The lowest BCUT2D eigenvalue weighted by Gasteiger charge is -2.22. The highest BCUT2D eigenvalue weighted by Gasteiger charge is 2.28. The summed E-state index contributed by atoms with van der Waals surface area (Å²) >= 11 is 0. The zero-order valence-corrected chi connectivity index (χ0v) is 9.24. The van der Waals surface area contributed by atoms with Crippen molar-refractivity contribution in [3.8, 4) is 0 Å². The van der Waals surface area contributed by atoms with Crippen molar-refractivity contribution in [1.29, 1.82) is 0 Å². The van der Waals surface area contributed by atoms with Crippen LogP contribution in [0.2, 0.25) is 0 Å². The summed E-state index contributed by atoms with van der Waals surface area (Å²) in [5.41, 5.74) is 0. The van der Waals surface area contributed by atoms with Crippen LogP contribution in [0.25, 0.3) is 0 Å². The molecule has 0 bridgehead atoms. The van der Waals surface area contributed by atoms with Gasteiger partial charge in [0.2, 0.25) is 0 Å². The van der Waals surface area contributed by atoms with E-state index in [1.54, 1.807) is 24.3 Å². The van der Waals surface area contributed by atoms with Crippen LogP contribution in [-0.4, -0.2) is 26.9 Å². The summed E-state index contributed by atoms with van der Waals surface area (Å²) < 4.78 is 29.4. The minimum absolute atomic E-state index is 0.270. The van der Waals surface area contributed by atoms with Crippen LogP contribution in [-0.2, 0) is 14.6 Å². The van der Waals surface area contributed by atoms with E-state index in [-0.39, 0.29) is 5.25 Å². The molecule has 0 N–H and O–H groups in total. The van der Waals surface area contributed by atoms with Gasteiger partial charge in [0.05, 0.1) is 10.1 Å². The van der Waals surface area contributed by atoms with E-state index in [0.717, 1.165) is 0 Å². The number of sulfone groups is 1. The maximum atomic E-state index is 12.1. The summed E-state index contributed by atoms with van der Waals surface area (Å²) in [6.07, 6.45) is 1.22. The van der Waals surface area contributed by atoms with Crippen molar-refractivity contribution in [1.82, 2.24) is 0 Å². The maximum absolute atomic E-state index is 12.1. The number of hydrogen-bond donors (Lipinski definition) is 0. The van der Waals surface area contributed by atoms with Crippen LogP contribution in [0.3, 0.4) is 0 Å². The third kappa shape index (κ3) is 2.21. The lowest BCUT2D eigenvalue weighted by molar-refractivity contribution is 0.0983. The fourth-order valence-electron chi connectivity index (χ4n) is 1.79. The van der Waals surface area contributed by atoms with E-state index in [1.165, 1.54) is 0 Å². The molecule has 2 rings (SSSR count). The van der Waals surface area contributed by atoms with Gasteiger partial charge in [0.1, 0.15) is 0 Å². The van der Waals surface area contributed by atoms with Gasteiger partial charge in [0, 0.05) is 13.2 Å². The molecule has 1 aromatic carbocycles. The Morgan fingerprint density at radius 2 is 1.67 bits per heavy atom. The summed E-state index contributed by atoms with van der Waals surface area (Å²) in [6, 6.07) is 8.65. The SMILES string of the molecule is O=S(=O)(c1ccccc1)C1CCOCC1. The molecular weight excluding hydrogens is 212 g/mol. The van der Waals surface area contributed by atoms with Crippen molar-refractivity contribution in [2.24, 2.45) is 0 Å². The van der Waals surface area contributed by atoms with E-state index in [2.05, 4.69) is 0 Å². The van der Waals surface area contributed by atoms with Gasteiger partial charge >= 0.3 is 0 Å². The minimum atomic E-state index is -3.14. The molecule has 1 aliphatic rings. The fourth-order valence-corrected chi connectivity index (χ4v) is 3.52. The van der Waals surface area contributed by atoms with Gasteiger partial charge in [-0.05, 0) is 25.0 Å². The molecule has 1 aromatic rings. The van der Waals surface area contributed by atoms with Crippen LogP contribution in [0.4, 0.5) is 0 Å². The zero-order chi connectivity index (χ0) is 10.7. The molecule has 0 saturated carbocycles. The van der Waals surface area contributed by atoms with Crippen molar-refractivity contribution in [2.75, 3.05) is 13.2 Å². The molecule has 0 radical (unpaired) electrons. The molecule has 0 atom stereocenters. The lowest BCUT2D eigenvalue weighted by atomic mass is 10.2. The Kier molecular flexibility index (Phi) is 3.07. The number of benzene rings is 1. The first kappa shape index (κ1) is 10.6. The normalized spacial score (nSPS) is 18.9. The van der Waals surface area contributed by atoms with E-state index >= 15 is 0 Å². The molecule has 1 aliphatic heterocycles. The van der Waals surface area contributed by atoms with Crippen LogP contribution in [0.5, 0.6) is 0 Å². The highest BCUT2D eigenvalue weighted by Crippen LogP contribution is 2.22. The molecule has 1 fully saturated rings. The first-order valence-corrected chi connectivity index (χ1v) is 6.62. The third-order valence-corrected chi connectivity index (χ3v) is 4.96. The molecule has 0 spiro atoms. The Morgan fingerprint density at radius 3 is 2.27 bits per heavy atom. The van der Waals surface area contributed by atoms with Gasteiger partial charge in [-0.25, -0.2) is 8.42 Å². The quantitative estimate of drug-likeness (QED) is 0.770. The Labute approximate surface area is 90.0 Å². The summed E-state index contributed by atoms with van der Waals surface area (Å²) in [7, 11) is -3.14. The largest absolute Gasteiger partial charge is 0.381 e. The monoisotopic (exact) mass is 226 g/mol. The Balaban J connectivity index is 2.26. The molecule has 1 heterocycles. The fraction of sp³-hybridized carbons (Fsp3) is 0.455. The van der Waals surface area contributed by atoms with E-state index in [9.17, 15) is 8.42 Å². The Hall–Kier alpha value is -0.870. The van der Waals surface area contributed by atoms with Crippen LogP contribution in [0.15, 0.2) is 35.2 Å². The predicted octanol–water partition coefficient (Wildman–Crippen LogP) is 1.64. The topological polar surface area (TPSA) is 43.4 Å². The molecule has 15 heavy (non-hydrogen) atoms. The Morgan fingerprint density at radius 1 is 1.07 bits per heavy atom. The minimum Gasteiger partial charge on any atom is -0.381 e. The number of rotatable bonds is 2. The van der Waals surface area contributed by atoms with Gasteiger partial charge in [-0.2, -0.15) is 0 Å². The Bertz CT molecular complexity index is 405. The van der Waals surface area contributed by atoms with Crippen molar-refractivity contribution >= 4 is 9.84 Å². The third-order valence-electron chi connectivity index (χ3n) is 2.68. The van der Waals surface area contributed by atoms with E-state index in [1.807, 2.05) is 6.07 Å². The molecular formula is C11H14O3S. The summed E-state index contributed by atoms with van der Waals surface area (Å²) in [5.74, 6) is 0. The number of hydrogen-bond acceptors (Lipinski definition) is 3. The first-order valence-electron chi connectivity index (χ1n) is 5.08. The van der Waals surface area contributed by atoms with Crippen molar-refractivity contribution in [3.05, 3.63) is 30.3 Å². The molecule has 4 heteroatoms. The molecule has 0 amide bonds. The molecule has 0 aromatic heterocycles. The van der Waals surface area contributed by atoms with E-state index in [0.29, 0.717) is 31.0 Å². The van der Waals surface area contributed by atoms with Gasteiger partial charge < -0.3 is 4.74 Å². The average molecular weight is 226 g/mol.